The van der Waals surface area contributed by atoms with Crippen molar-refractivity contribution in [3.63, 3.8) is 0 Å². The number of hydrogen-bond donors (Lipinski definition) is 1. The summed E-state index contributed by atoms with van der Waals surface area (Å²) in [5.74, 6) is 0.404. The molecular weight excluding hydrogens is 277 g/mol. The van der Waals surface area contributed by atoms with Crippen LogP contribution >= 0.6 is 11.6 Å². The van der Waals surface area contributed by atoms with E-state index in [4.69, 9.17) is 16.3 Å². The fourth-order valence-corrected chi connectivity index (χ4v) is 2.42. The Labute approximate surface area is 123 Å². The topological polar surface area (TPSA) is 21.3 Å². The average Bonchev–Trinajstić information content (AvgIpc) is 2.46. The van der Waals surface area contributed by atoms with Crippen LogP contribution in [-0.4, -0.2) is 13.7 Å². The second-order valence-electron chi connectivity index (χ2n) is 4.44. The van der Waals surface area contributed by atoms with Gasteiger partial charge in [-0.05, 0) is 41.9 Å². The Kier molecular flexibility index (Phi) is 4.99. The predicted molar refractivity (Wildman–Crippen MR) is 79.9 cm³/mol. The Bertz CT molecular complexity index is 571. The number of benzene rings is 2. The molecule has 0 aliphatic heterocycles. The van der Waals surface area contributed by atoms with Gasteiger partial charge in [0.25, 0.3) is 0 Å². The van der Waals surface area contributed by atoms with E-state index in [0.717, 1.165) is 17.7 Å². The Morgan fingerprint density at radius 2 is 1.80 bits per heavy atom. The molecule has 1 atom stereocenters. The summed E-state index contributed by atoms with van der Waals surface area (Å²) in [4.78, 5) is 0. The minimum absolute atomic E-state index is 0.0241. The van der Waals surface area contributed by atoms with Crippen molar-refractivity contribution in [2.75, 3.05) is 13.7 Å². The number of methoxy groups -OCH3 is 1. The minimum atomic E-state index is -0.239. The van der Waals surface area contributed by atoms with Crippen LogP contribution in [0.15, 0.2) is 42.5 Å². The lowest BCUT2D eigenvalue weighted by molar-refractivity contribution is 0.414. The first-order valence-corrected chi connectivity index (χ1v) is 6.85. The highest BCUT2D eigenvalue weighted by molar-refractivity contribution is 6.32. The first-order chi connectivity index (χ1) is 9.65. The fraction of sp³-hybridized carbons (Fsp3) is 0.250. The zero-order valence-electron chi connectivity index (χ0n) is 11.5. The van der Waals surface area contributed by atoms with E-state index >= 15 is 0 Å². The normalized spacial score (nSPS) is 12.2. The largest absolute Gasteiger partial charge is 0.495 e. The predicted octanol–water partition coefficient (Wildman–Crippen LogP) is 4.19. The third-order valence-electron chi connectivity index (χ3n) is 3.12. The van der Waals surface area contributed by atoms with Crippen molar-refractivity contribution < 1.29 is 9.13 Å². The second kappa shape index (κ2) is 6.73. The third-order valence-corrected chi connectivity index (χ3v) is 3.42. The van der Waals surface area contributed by atoms with E-state index in [1.807, 2.05) is 25.1 Å². The smallest absolute Gasteiger partial charge is 0.137 e. The van der Waals surface area contributed by atoms with Gasteiger partial charge in [-0.3, -0.25) is 0 Å². The molecule has 0 heterocycles. The molecule has 0 fully saturated rings. The van der Waals surface area contributed by atoms with E-state index in [1.54, 1.807) is 19.2 Å². The van der Waals surface area contributed by atoms with Crippen molar-refractivity contribution in [1.82, 2.24) is 5.32 Å². The van der Waals surface area contributed by atoms with Crippen LogP contribution in [0.2, 0.25) is 5.02 Å². The van der Waals surface area contributed by atoms with E-state index in [0.29, 0.717) is 10.8 Å². The maximum Gasteiger partial charge on any atom is 0.137 e. The molecule has 1 unspecified atom stereocenters. The van der Waals surface area contributed by atoms with Crippen LogP contribution in [0.25, 0.3) is 0 Å². The molecule has 0 aliphatic rings. The van der Waals surface area contributed by atoms with Gasteiger partial charge in [0, 0.05) is 0 Å². The molecule has 2 rings (SSSR count). The van der Waals surface area contributed by atoms with Gasteiger partial charge in [0.15, 0.2) is 0 Å². The molecule has 106 valence electrons. The van der Waals surface area contributed by atoms with Crippen LogP contribution < -0.4 is 10.1 Å². The van der Waals surface area contributed by atoms with Crippen molar-refractivity contribution >= 4 is 11.6 Å². The van der Waals surface area contributed by atoms with Gasteiger partial charge in [-0.25, -0.2) is 4.39 Å². The van der Waals surface area contributed by atoms with Crippen molar-refractivity contribution in [2.45, 2.75) is 13.0 Å². The SMILES string of the molecule is CCNC(c1ccc(F)cc1)c1ccc(OC)c(Cl)c1. The van der Waals surface area contributed by atoms with Crippen molar-refractivity contribution in [1.29, 1.82) is 0 Å². The number of nitrogens with one attached hydrogen (secondary N) is 1. The third kappa shape index (κ3) is 3.30. The molecule has 1 N–H and O–H groups in total. The second-order valence-corrected chi connectivity index (χ2v) is 4.84. The van der Waals surface area contributed by atoms with Gasteiger partial charge in [-0.2, -0.15) is 0 Å². The molecule has 0 radical (unpaired) electrons. The van der Waals surface area contributed by atoms with Gasteiger partial charge in [-0.1, -0.05) is 36.7 Å². The lowest BCUT2D eigenvalue weighted by Gasteiger charge is -2.19. The Balaban J connectivity index is 2.37. The minimum Gasteiger partial charge on any atom is -0.495 e. The van der Waals surface area contributed by atoms with Crippen LogP contribution in [0.1, 0.15) is 24.1 Å². The summed E-state index contributed by atoms with van der Waals surface area (Å²) < 4.78 is 18.2. The molecule has 2 aromatic carbocycles. The number of hydrogen-bond acceptors (Lipinski definition) is 2. The van der Waals surface area contributed by atoms with Gasteiger partial charge in [0.05, 0.1) is 18.2 Å². The Morgan fingerprint density at radius 1 is 1.15 bits per heavy atom. The highest BCUT2D eigenvalue weighted by atomic mass is 35.5. The molecule has 4 heteroatoms. The Hall–Kier alpha value is -1.58. The first kappa shape index (κ1) is 14.8. The molecule has 2 nitrogen and oxygen atoms in total. The van der Waals surface area contributed by atoms with Crippen LogP contribution in [0.5, 0.6) is 5.75 Å². The van der Waals surface area contributed by atoms with Gasteiger partial charge >= 0.3 is 0 Å². The lowest BCUT2D eigenvalue weighted by Crippen LogP contribution is -2.22. The Morgan fingerprint density at radius 3 is 2.35 bits per heavy atom. The molecule has 0 aliphatic carbocycles. The van der Waals surface area contributed by atoms with Gasteiger partial charge in [-0.15, -0.1) is 0 Å². The zero-order chi connectivity index (χ0) is 14.5. The van der Waals surface area contributed by atoms with E-state index in [2.05, 4.69) is 5.32 Å². The standard InChI is InChI=1S/C16H17ClFNO/c1-3-19-16(11-4-7-13(18)8-5-11)12-6-9-15(20-2)14(17)10-12/h4-10,16,19H,3H2,1-2H3. The fourth-order valence-electron chi connectivity index (χ4n) is 2.15. The summed E-state index contributed by atoms with van der Waals surface area (Å²) in [5, 5.41) is 3.94. The molecule has 0 aromatic heterocycles. The molecular formula is C16H17ClFNO. The van der Waals surface area contributed by atoms with Crippen LogP contribution in [0.3, 0.4) is 0 Å². The summed E-state index contributed by atoms with van der Waals surface area (Å²) in [6.45, 7) is 2.83. The average molecular weight is 294 g/mol. The highest BCUT2D eigenvalue weighted by Crippen LogP contribution is 2.30. The summed E-state index contributed by atoms with van der Waals surface area (Å²) >= 11 is 6.17. The van der Waals surface area contributed by atoms with Gasteiger partial charge < -0.3 is 10.1 Å². The lowest BCUT2D eigenvalue weighted by atomic mass is 9.98. The molecule has 0 spiro atoms. The van der Waals surface area contributed by atoms with Gasteiger partial charge in [0.1, 0.15) is 11.6 Å². The monoisotopic (exact) mass is 293 g/mol. The maximum absolute atomic E-state index is 13.0. The van der Waals surface area contributed by atoms with Gasteiger partial charge in [0.2, 0.25) is 0 Å². The maximum atomic E-state index is 13.0. The van der Waals surface area contributed by atoms with E-state index < -0.39 is 0 Å². The van der Waals surface area contributed by atoms with Crippen molar-refractivity contribution in [3.8, 4) is 5.75 Å². The summed E-state index contributed by atoms with van der Waals surface area (Å²) in [6, 6.07) is 12.1. The molecule has 0 saturated carbocycles. The molecule has 0 saturated heterocycles. The van der Waals surface area contributed by atoms with Crippen molar-refractivity contribution in [3.05, 3.63) is 64.4 Å². The van der Waals surface area contributed by atoms with E-state index in [1.165, 1.54) is 12.1 Å². The molecule has 20 heavy (non-hydrogen) atoms. The van der Waals surface area contributed by atoms with Crippen LogP contribution in [0, 0.1) is 5.82 Å². The first-order valence-electron chi connectivity index (χ1n) is 6.48. The molecule has 0 bridgehead atoms. The van der Waals surface area contributed by atoms with E-state index in [9.17, 15) is 4.39 Å². The number of halogens is 2. The summed E-state index contributed by atoms with van der Waals surface area (Å²) in [5.41, 5.74) is 2.01. The quantitative estimate of drug-likeness (QED) is 0.892. The van der Waals surface area contributed by atoms with E-state index in [-0.39, 0.29) is 11.9 Å². The number of ether oxygens (including phenoxy) is 1. The molecule has 0 amide bonds. The van der Waals surface area contributed by atoms with Crippen molar-refractivity contribution in [2.24, 2.45) is 0 Å². The van der Waals surface area contributed by atoms with Crippen LogP contribution in [0.4, 0.5) is 4.39 Å². The highest BCUT2D eigenvalue weighted by Gasteiger charge is 2.14. The van der Waals surface area contributed by atoms with Crippen LogP contribution in [-0.2, 0) is 0 Å². The zero-order valence-corrected chi connectivity index (χ0v) is 12.2. The summed E-state index contributed by atoms with van der Waals surface area (Å²) in [6.07, 6.45) is 0. The molecule has 2 aromatic rings. The summed E-state index contributed by atoms with van der Waals surface area (Å²) in [7, 11) is 1.59. The number of rotatable bonds is 5.